The largest absolute Gasteiger partial charge is 0.388 e. The first-order valence-electron chi connectivity index (χ1n) is 6.23. The smallest absolute Gasteiger partial charge is 0.0850 e. The van der Waals surface area contributed by atoms with E-state index in [1.54, 1.807) is 0 Å². The highest BCUT2D eigenvalue weighted by molar-refractivity contribution is 5.49. The summed E-state index contributed by atoms with van der Waals surface area (Å²) < 4.78 is 0. The summed E-state index contributed by atoms with van der Waals surface area (Å²) in [4.78, 5) is 0. The summed E-state index contributed by atoms with van der Waals surface area (Å²) in [7, 11) is 0. The summed E-state index contributed by atoms with van der Waals surface area (Å²) in [5.74, 6) is 0.0904. The van der Waals surface area contributed by atoms with Crippen molar-refractivity contribution in [2.45, 2.75) is 13.0 Å². The Morgan fingerprint density at radius 3 is 2.06 bits per heavy atom. The van der Waals surface area contributed by atoms with Crippen LogP contribution in [-0.4, -0.2) is 5.11 Å². The fourth-order valence-electron chi connectivity index (χ4n) is 1.89. The lowest BCUT2D eigenvalue weighted by atomic mass is 9.96. The van der Waals surface area contributed by atoms with Crippen LogP contribution in [0.15, 0.2) is 66.7 Å². The molecule has 1 N–H and O–H groups in total. The van der Waals surface area contributed by atoms with Gasteiger partial charge in [0.05, 0.1) is 6.10 Å². The summed E-state index contributed by atoms with van der Waals surface area (Å²) in [6.45, 7) is 2.02. The highest BCUT2D eigenvalue weighted by Crippen LogP contribution is 2.23. The fraction of sp³-hybridized carbons (Fsp3) is 0.176. The van der Waals surface area contributed by atoms with E-state index in [2.05, 4.69) is 18.2 Å². The number of hydrogen-bond donors (Lipinski definition) is 1. The van der Waals surface area contributed by atoms with Crippen molar-refractivity contribution in [1.82, 2.24) is 0 Å². The number of hydrogen-bond acceptors (Lipinski definition) is 1. The summed E-state index contributed by atoms with van der Waals surface area (Å²) in [6, 6.07) is 19.9. The SMILES string of the molecule is C[C@@H](/C=C\c1ccccc1)[C@H](O)c1ccccc1. The summed E-state index contributed by atoms with van der Waals surface area (Å²) in [6.07, 6.45) is 3.65. The predicted octanol–water partition coefficient (Wildman–Crippen LogP) is 4.07. The summed E-state index contributed by atoms with van der Waals surface area (Å²) in [5, 5.41) is 10.2. The van der Waals surface area contributed by atoms with Crippen molar-refractivity contribution in [2.24, 2.45) is 5.92 Å². The Morgan fingerprint density at radius 1 is 0.889 bits per heavy atom. The average Bonchev–Trinajstić information content (AvgIpc) is 2.46. The first-order valence-corrected chi connectivity index (χ1v) is 6.23. The number of aliphatic hydroxyl groups excluding tert-OH is 1. The lowest BCUT2D eigenvalue weighted by Gasteiger charge is -2.15. The second-order valence-corrected chi connectivity index (χ2v) is 4.48. The van der Waals surface area contributed by atoms with Crippen LogP contribution in [0.3, 0.4) is 0 Å². The number of rotatable bonds is 4. The van der Waals surface area contributed by atoms with Gasteiger partial charge < -0.3 is 5.11 Å². The van der Waals surface area contributed by atoms with E-state index in [0.717, 1.165) is 11.1 Å². The maximum Gasteiger partial charge on any atom is 0.0850 e. The molecule has 0 fully saturated rings. The molecule has 0 unspecified atom stereocenters. The van der Waals surface area contributed by atoms with E-state index in [1.165, 1.54) is 0 Å². The van der Waals surface area contributed by atoms with Gasteiger partial charge in [0.15, 0.2) is 0 Å². The van der Waals surface area contributed by atoms with Gasteiger partial charge in [-0.15, -0.1) is 0 Å². The quantitative estimate of drug-likeness (QED) is 0.851. The van der Waals surface area contributed by atoms with E-state index in [9.17, 15) is 5.11 Å². The van der Waals surface area contributed by atoms with Crippen LogP contribution < -0.4 is 0 Å². The van der Waals surface area contributed by atoms with E-state index in [0.29, 0.717) is 0 Å². The third-order valence-corrected chi connectivity index (χ3v) is 3.03. The first-order chi connectivity index (χ1) is 8.77. The minimum atomic E-state index is -0.453. The molecule has 0 heterocycles. The van der Waals surface area contributed by atoms with Gasteiger partial charge in [-0.05, 0) is 11.1 Å². The molecule has 2 rings (SSSR count). The van der Waals surface area contributed by atoms with Crippen LogP contribution in [0.5, 0.6) is 0 Å². The van der Waals surface area contributed by atoms with Crippen LogP contribution >= 0.6 is 0 Å². The molecule has 18 heavy (non-hydrogen) atoms. The van der Waals surface area contributed by atoms with Crippen LogP contribution in [0.4, 0.5) is 0 Å². The van der Waals surface area contributed by atoms with Gasteiger partial charge in [-0.1, -0.05) is 79.7 Å². The average molecular weight is 238 g/mol. The van der Waals surface area contributed by atoms with Crippen molar-refractivity contribution >= 4 is 6.08 Å². The molecular weight excluding hydrogens is 220 g/mol. The third-order valence-electron chi connectivity index (χ3n) is 3.03. The molecule has 0 saturated heterocycles. The molecule has 0 bridgehead atoms. The molecule has 0 aliphatic heterocycles. The van der Waals surface area contributed by atoms with Gasteiger partial charge in [-0.25, -0.2) is 0 Å². The van der Waals surface area contributed by atoms with E-state index in [-0.39, 0.29) is 5.92 Å². The zero-order chi connectivity index (χ0) is 12.8. The molecule has 0 aliphatic rings. The van der Waals surface area contributed by atoms with Crippen molar-refractivity contribution in [3.05, 3.63) is 77.9 Å². The molecular formula is C17H18O. The molecule has 0 aromatic heterocycles. The topological polar surface area (TPSA) is 20.2 Å². The number of benzene rings is 2. The monoisotopic (exact) mass is 238 g/mol. The molecule has 2 aromatic carbocycles. The zero-order valence-corrected chi connectivity index (χ0v) is 10.5. The van der Waals surface area contributed by atoms with Crippen molar-refractivity contribution in [2.75, 3.05) is 0 Å². The van der Waals surface area contributed by atoms with Crippen LogP contribution in [0.1, 0.15) is 24.2 Å². The molecule has 2 aromatic rings. The summed E-state index contributed by atoms with van der Waals surface area (Å²) in [5.41, 5.74) is 2.12. The van der Waals surface area contributed by atoms with Crippen molar-refractivity contribution in [1.29, 1.82) is 0 Å². The Morgan fingerprint density at radius 2 is 1.44 bits per heavy atom. The molecule has 0 aliphatic carbocycles. The fourth-order valence-corrected chi connectivity index (χ4v) is 1.89. The van der Waals surface area contributed by atoms with E-state index in [1.807, 2.05) is 61.5 Å². The van der Waals surface area contributed by atoms with E-state index >= 15 is 0 Å². The second-order valence-electron chi connectivity index (χ2n) is 4.48. The van der Waals surface area contributed by atoms with Crippen molar-refractivity contribution in [3.8, 4) is 0 Å². The minimum absolute atomic E-state index is 0.0904. The summed E-state index contributed by atoms with van der Waals surface area (Å²) >= 11 is 0. The minimum Gasteiger partial charge on any atom is -0.388 e. The van der Waals surface area contributed by atoms with Crippen molar-refractivity contribution in [3.63, 3.8) is 0 Å². The van der Waals surface area contributed by atoms with Gasteiger partial charge in [-0.3, -0.25) is 0 Å². The molecule has 92 valence electrons. The van der Waals surface area contributed by atoms with Crippen LogP contribution in [0.2, 0.25) is 0 Å². The maximum atomic E-state index is 10.2. The lowest BCUT2D eigenvalue weighted by molar-refractivity contribution is 0.140. The van der Waals surface area contributed by atoms with Gasteiger partial charge in [0.25, 0.3) is 0 Å². The van der Waals surface area contributed by atoms with Gasteiger partial charge in [-0.2, -0.15) is 0 Å². The highest BCUT2D eigenvalue weighted by atomic mass is 16.3. The Balaban J connectivity index is 2.04. The maximum absolute atomic E-state index is 10.2. The molecule has 0 saturated carbocycles. The molecule has 1 nitrogen and oxygen atoms in total. The van der Waals surface area contributed by atoms with Crippen LogP contribution in [0.25, 0.3) is 6.08 Å². The van der Waals surface area contributed by atoms with Gasteiger partial charge in [0.2, 0.25) is 0 Å². The second kappa shape index (κ2) is 6.18. The predicted molar refractivity (Wildman–Crippen MR) is 76.0 cm³/mol. The van der Waals surface area contributed by atoms with Crippen molar-refractivity contribution < 1.29 is 5.11 Å². The molecule has 0 spiro atoms. The normalized spacial score (nSPS) is 14.6. The number of aliphatic hydroxyl groups is 1. The standard InChI is InChI=1S/C17H18O/c1-14(12-13-15-8-4-2-5-9-15)17(18)16-10-6-3-7-11-16/h2-14,17-18H,1H3/b13-12-/t14-,17-/m0/s1. The molecule has 0 amide bonds. The zero-order valence-electron chi connectivity index (χ0n) is 10.5. The highest BCUT2D eigenvalue weighted by Gasteiger charge is 2.12. The van der Waals surface area contributed by atoms with E-state index < -0.39 is 6.10 Å². The van der Waals surface area contributed by atoms with E-state index in [4.69, 9.17) is 0 Å². The molecule has 2 atom stereocenters. The first kappa shape index (κ1) is 12.6. The van der Waals surface area contributed by atoms with Gasteiger partial charge in [0, 0.05) is 5.92 Å². The van der Waals surface area contributed by atoms with Crippen LogP contribution in [0, 0.1) is 5.92 Å². The Hall–Kier alpha value is -1.86. The Bertz CT molecular complexity index is 488. The third kappa shape index (κ3) is 3.31. The van der Waals surface area contributed by atoms with Gasteiger partial charge in [0.1, 0.15) is 0 Å². The Kier molecular flexibility index (Phi) is 4.32. The van der Waals surface area contributed by atoms with Crippen LogP contribution in [-0.2, 0) is 0 Å². The Labute approximate surface area is 108 Å². The lowest BCUT2D eigenvalue weighted by Crippen LogP contribution is -2.06. The molecule has 0 radical (unpaired) electrons. The van der Waals surface area contributed by atoms with Gasteiger partial charge >= 0.3 is 0 Å². The molecule has 1 heteroatoms.